The fourth-order valence-electron chi connectivity index (χ4n) is 1.20. The molecule has 1 unspecified atom stereocenters. The number of nitrogens with one attached hydrogen (secondary N) is 1. The van der Waals surface area contributed by atoms with E-state index < -0.39 is 5.82 Å². The second-order valence-electron chi connectivity index (χ2n) is 4.13. The molecule has 1 aromatic rings. The smallest absolute Gasteiger partial charge is 0.251 e. The SMILES string of the molecule is CCC(C)(CBr)NC(=O)c1ccc(F)c(Cl)c1. The number of halogens is 3. The summed E-state index contributed by atoms with van der Waals surface area (Å²) in [5, 5.41) is 3.49. The number of alkyl halides is 1. The number of hydrogen-bond donors (Lipinski definition) is 1. The molecule has 2 nitrogen and oxygen atoms in total. The molecule has 0 heterocycles. The molecule has 1 aromatic carbocycles. The van der Waals surface area contributed by atoms with Gasteiger partial charge >= 0.3 is 0 Å². The molecular weight excluding hydrogens is 308 g/mol. The molecule has 0 spiro atoms. The molecule has 94 valence electrons. The monoisotopic (exact) mass is 321 g/mol. The van der Waals surface area contributed by atoms with E-state index in [4.69, 9.17) is 11.6 Å². The van der Waals surface area contributed by atoms with Crippen LogP contribution in [0.2, 0.25) is 5.02 Å². The van der Waals surface area contributed by atoms with Gasteiger partial charge in [-0.2, -0.15) is 0 Å². The van der Waals surface area contributed by atoms with E-state index in [1.165, 1.54) is 18.2 Å². The van der Waals surface area contributed by atoms with Crippen molar-refractivity contribution in [3.05, 3.63) is 34.6 Å². The lowest BCUT2D eigenvalue weighted by atomic mass is 10.0. The molecule has 0 saturated heterocycles. The second kappa shape index (κ2) is 5.83. The molecule has 0 radical (unpaired) electrons. The Kier molecular flexibility index (Phi) is 4.95. The summed E-state index contributed by atoms with van der Waals surface area (Å²) in [5.41, 5.74) is 0.0369. The van der Waals surface area contributed by atoms with Gasteiger partial charge in [0.25, 0.3) is 5.91 Å². The standard InChI is InChI=1S/C12H14BrClFNO/c1-3-12(2,7-13)16-11(17)8-4-5-10(15)9(14)6-8/h4-6H,3,7H2,1-2H3,(H,16,17). The summed E-state index contributed by atoms with van der Waals surface area (Å²) in [7, 11) is 0. The fourth-order valence-corrected chi connectivity index (χ4v) is 1.92. The minimum Gasteiger partial charge on any atom is -0.346 e. The maximum Gasteiger partial charge on any atom is 0.251 e. The Labute approximate surface area is 114 Å². The molecule has 0 saturated carbocycles. The lowest BCUT2D eigenvalue weighted by Gasteiger charge is -2.27. The molecule has 1 amide bonds. The summed E-state index contributed by atoms with van der Waals surface area (Å²) in [6.07, 6.45) is 0.791. The van der Waals surface area contributed by atoms with Crippen LogP contribution in [0.4, 0.5) is 4.39 Å². The molecule has 1 rings (SSSR count). The van der Waals surface area contributed by atoms with Gasteiger partial charge in [0.15, 0.2) is 0 Å². The largest absolute Gasteiger partial charge is 0.346 e. The second-order valence-corrected chi connectivity index (χ2v) is 5.10. The van der Waals surface area contributed by atoms with E-state index in [9.17, 15) is 9.18 Å². The van der Waals surface area contributed by atoms with E-state index in [-0.39, 0.29) is 16.5 Å². The summed E-state index contributed by atoms with van der Waals surface area (Å²) < 4.78 is 13.0. The van der Waals surface area contributed by atoms with Crippen molar-refractivity contribution in [3.8, 4) is 0 Å². The van der Waals surface area contributed by atoms with E-state index in [1.807, 2.05) is 13.8 Å². The van der Waals surface area contributed by atoms with Crippen LogP contribution in [0, 0.1) is 5.82 Å². The third-order valence-corrected chi connectivity index (χ3v) is 4.20. The summed E-state index contributed by atoms with van der Waals surface area (Å²) in [6, 6.07) is 3.94. The van der Waals surface area contributed by atoms with Crippen molar-refractivity contribution in [3.63, 3.8) is 0 Å². The average molecular weight is 323 g/mol. The molecule has 5 heteroatoms. The van der Waals surface area contributed by atoms with Gasteiger partial charge in [-0.15, -0.1) is 0 Å². The molecule has 0 aliphatic rings. The van der Waals surface area contributed by atoms with Gasteiger partial charge < -0.3 is 5.32 Å². The predicted octanol–water partition coefficient (Wildman–Crippen LogP) is 3.77. The Hall–Kier alpha value is -0.610. The van der Waals surface area contributed by atoms with Crippen LogP contribution < -0.4 is 5.32 Å². The van der Waals surface area contributed by atoms with Gasteiger partial charge in [-0.3, -0.25) is 4.79 Å². The maximum absolute atomic E-state index is 13.0. The maximum atomic E-state index is 13.0. The minimum atomic E-state index is -0.526. The zero-order valence-corrected chi connectivity index (χ0v) is 12.0. The third kappa shape index (κ3) is 3.68. The van der Waals surface area contributed by atoms with Gasteiger partial charge in [-0.1, -0.05) is 34.5 Å². The van der Waals surface area contributed by atoms with Crippen molar-refractivity contribution in [2.75, 3.05) is 5.33 Å². The number of benzene rings is 1. The van der Waals surface area contributed by atoms with Crippen LogP contribution in [-0.4, -0.2) is 16.8 Å². The quantitative estimate of drug-likeness (QED) is 0.840. The number of hydrogen-bond acceptors (Lipinski definition) is 1. The van der Waals surface area contributed by atoms with E-state index >= 15 is 0 Å². The van der Waals surface area contributed by atoms with Gasteiger partial charge in [0, 0.05) is 16.4 Å². The molecule has 17 heavy (non-hydrogen) atoms. The first-order valence-electron chi connectivity index (χ1n) is 5.25. The first kappa shape index (κ1) is 14.5. The molecular formula is C12H14BrClFNO. The Morgan fingerprint density at radius 3 is 2.71 bits per heavy atom. The Morgan fingerprint density at radius 2 is 2.24 bits per heavy atom. The Balaban J connectivity index is 2.86. The van der Waals surface area contributed by atoms with Crippen LogP contribution in [0.5, 0.6) is 0 Å². The van der Waals surface area contributed by atoms with Crippen LogP contribution in [-0.2, 0) is 0 Å². The molecule has 0 bridgehead atoms. The summed E-state index contributed by atoms with van der Waals surface area (Å²) in [6.45, 7) is 3.92. The van der Waals surface area contributed by atoms with E-state index in [0.717, 1.165) is 6.42 Å². The minimum absolute atomic E-state index is 0.0466. The summed E-state index contributed by atoms with van der Waals surface area (Å²) in [5.74, 6) is -0.780. The van der Waals surface area contributed by atoms with Gasteiger partial charge in [0.2, 0.25) is 0 Å². The van der Waals surface area contributed by atoms with Crippen LogP contribution >= 0.6 is 27.5 Å². The number of carbonyl (C=O) groups is 1. The summed E-state index contributed by atoms with van der Waals surface area (Å²) in [4.78, 5) is 11.9. The molecule has 0 aromatic heterocycles. The highest BCUT2D eigenvalue weighted by Gasteiger charge is 2.23. The lowest BCUT2D eigenvalue weighted by Crippen LogP contribution is -2.46. The number of rotatable bonds is 4. The highest BCUT2D eigenvalue weighted by Crippen LogP contribution is 2.18. The van der Waals surface area contributed by atoms with Crippen molar-refractivity contribution in [2.24, 2.45) is 0 Å². The first-order chi connectivity index (χ1) is 7.91. The third-order valence-electron chi connectivity index (χ3n) is 2.67. The molecule has 1 atom stereocenters. The first-order valence-corrected chi connectivity index (χ1v) is 6.75. The summed E-state index contributed by atoms with van der Waals surface area (Å²) >= 11 is 8.99. The van der Waals surface area contributed by atoms with E-state index in [0.29, 0.717) is 10.9 Å². The van der Waals surface area contributed by atoms with Crippen LogP contribution in [0.1, 0.15) is 30.6 Å². The van der Waals surface area contributed by atoms with Crippen LogP contribution in [0.25, 0.3) is 0 Å². The fraction of sp³-hybridized carbons (Fsp3) is 0.417. The van der Waals surface area contributed by atoms with Crippen molar-refractivity contribution in [1.29, 1.82) is 0 Å². The topological polar surface area (TPSA) is 29.1 Å². The van der Waals surface area contributed by atoms with E-state index in [1.54, 1.807) is 0 Å². The average Bonchev–Trinajstić information content (AvgIpc) is 2.32. The van der Waals surface area contributed by atoms with Gasteiger partial charge in [-0.25, -0.2) is 4.39 Å². The zero-order chi connectivity index (χ0) is 13.1. The lowest BCUT2D eigenvalue weighted by molar-refractivity contribution is 0.0913. The molecule has 0 aliphatic carbocycles. The molecule has 1 N–H and O–H groups in total. The van der Waals surface area contributed by atoms with E-state index in [2.05, 4.69) is 21.2 Å². The predicted molar refractivity (Wildman–Crippen MR) is 71.4 cm³/mol. The molecule has 0 fully saturated rings. The highest BCUT2D eigenvalue weighted by atomic mass is 79.9. The Bertz CT molecular complexity index is 421. The van der Waals surface area contributed by atoms with Crippen molar-refractivity contribution in [1.82, 2.24) is 5.32 Å². The van der Waals surface area contributed by atoms with Crippen molar-refractivity contribution in [2.45, 2.75) is 25.8 Å². The zero-order valence-electron chi connectivity index (χ0n) is 9.69. The number of carbonyl (C=O) groups excluding carboxylic acids is 1. The Morgan fingerprint density at radius 1 is 1.59 bits per heavy atom. The van der Waals surface area contributed by atoms with Crippen molar-refractivity contribution < 1.29 is 9.18 Å². The van der Waals surface area contributed by atoms with Gasteiger partial charge in [0.05, 0.1) is 5.02 Å². The van der Waals surface area contributed by atoms with Crippen LogP contribution in [0.3, 0.4) is 0 Å². The normalized spacial score (nSPS) is 14.2. The number of amides is 1. The van der Waals surface area contributed by atoms with Gasteiger partial charge in [0.1, 0.15) is 5.82 Å². The van der Waals surface area contributed by atoms with Crippen LogP contribution in [0.15, 0.2) is 18.2 Å². The van der Waals surface area contributed by atoms with Gasteiger partial charge in [-0.05, 0) is 31.5 Å². The highest BCUT2D eigenvalue weighted by molar-refractivity contribution is 9.09. The molecule has 0 aliphatic heterocycles. The van der Waals surface area contributed by atoms with Crippen molar-refractivity contribution >= 4 is 33.4 Å².